The number of phenolic OH excluding ortho intramolecular Hbond substituents is 2. The third-order valence-electron chi connectivity index (χ3n) is 5.97. The molecule has 0 radical (unpaired) electrons. The maximum Gasteiger partial charge on any atom is 0.288 e. The molecule has 0 saturated carbocycles. The highest BCUT2D eigenvalue weighted by molar-refractivity contribution is 6.32. The lowest BCUT2D eigenvalue weighted by molar-refractivity contribution is -0.384. The maximum absolute atomic E-state index is 11.7. The Morgan fingerprint density at radius 2 is 1.24 bits per heavy atom. The average molecular weight is 456 g/mol. The molecule has 0 aliphatic rings. The molecular weight excluding hydrogens is 438 g/mol. The van der Waals surface area contributed by atoms with Gasteiger partial charge in [-0.1, -0.05) is 78.3 Å². The lowest BCUT2D eigenvalue weighted by Gasteiger charge is -2.24. The Kier molecular flexibility index (Phi) is 5.11. The standard InChI is InChI=1S/C27H18ClNO4/c28-21-12-9-18(15-22(21)29(32)33)25(26-19-7-3-1-5-16(19)10-13-23(26)30)27-20-8-4-2-6-17(20)11-14-24(27)31/h1-15,25,30-31H. The predicted molar refractivity (Wildman–Crippen MR) is 130 cm³/mol. The summed E-state index contributed by atoms with van der Waals surface area (Å²) in [6.07, 6.45) is 0. The van der Waals surface area contributed by atoms with Crippen LogP contribution in [0.3, 0.4) is 0 Å². The molecule has 6 heteroatoms. The van der Waals surface area contributed by atoms with Gasteiger partial charge in [0.1, 0.15) is 16.5 Å². The third-order valence-corrected chi connectivity index (χ3v) is 6.29. The van der Waals surface area contributed by atoms with Crippen molar-refractivity contribution in [2.45, 2.75) is 5.92 Å². The van der Waals surface area contributed by atoms with Gasteiger partial charge in [0.05, 0.1) is 4.92 Å². The fourth-order valence-electron chi connectivity index (χ4n) is 4.50. The van der Waals surface area contributed by atoms with Crippen LogP contribution in [0.15, 0.2) is 91.0 Å². The van der Waals surface area contributed by atoms with E-state index in [4.69, 9.17) is 11.6 Å². The second-order valence-corrected chi connectivity index (χ2v) is 8.25. The Labute approximate surface area is 194 Å². The van der Waals surface area contributed by atoms with Gasteiger partial charge in [-0.2, -0.15) is 0 Å². The first-order valence-electron chi connectivity index (χ1n) is 10.3. The number of nitrogens with zero attached hydrogens (tertiary/aromatic N) is 1. The minimum absolute atomic E-state index is 0.0202. The van der Waals surface area contributed by atoms with Crippen LogP contribution in [-0.2, 0) is 0 Å². The normalized spacial score (nSPS) is 11.3. The largest absolute Gasteiger partial charge is 0.508 e. The SMILES string of the molecule is O=[N+]([O-])c1cc(C(c2c(O)ccc3ccccc23)c2c(O)ccc3ccccc23)ccc1Cl. The molecule has 0 aliphatic heterocycles. The van der Waals surface area contributed by atoms with Crippen molar-refractivity contribution in [1.29, 1.82) is 0 Å². The molecule has 5 aromatic carbocycles. The van der Waals surface area contributed by atoms with Crippen LogP contribution in [0.2, 0.25) is 5.02 Å². The summed E-state index contributed by atoms with van der Waals surface area (Å²) in [4.78, 5) is 11.1. The molecule has 162 valence electrons. The Bertz CT molecular complexity index is 1460. The fraction of sp³-hybridized carbons (Fsp3) is 0.0370. The van der Waals surface area contributed by atoms with Crippen LogP contribution >= 0.6 is 11.6 Å². The Hall–Kier alpha value is -4.09. The number of fused-ring (bicyclic) bond motifs is 2. The quantitative estimate of drug-likeness (QED) is 0.171. The van der Waals surface area contributed by atoms with Crippen molar-refractivity contribution in [3.8, 4) is 11.5 Å². The minimum Gasteiger partial charge on any atom is -0.508 e. The highest BCUT2D eigenvalue weighted by atomic mass is 35.5. The van der Waals surface area contributed by atoms with E-state index in [-0.39, 0.29) is 22.2 Å². The van der Waals surface area contributed by atoms with Crippen molar-refractivity contribution in [2.75, 3.05) is 0 Å². The molecule has 2 N–H and O–H groups in total. The number of hydrogen-bond donors (Lipinski definition) is 2. The second-order valence-electron chi connectivity index (χ2n) is 7.84. The van der Waals surface area contributed by atoms with Crippen LogP contribution in [0.1, 0.15) is 22.6 Å². The monoisotopic (exact) mass is 455 g/mol. The molecule has 0 aromatic heterocycles. The lowest BCUT2D eigenvalue weighted by Crippen LogP contribution is -2.07. The summed E-state index contributed by atoms with van der Waals surface area (Å²) in [5.41, 5.74) is 1.40. The molecule has 0 amide bonds. The van der Waals surface area contributed by atoms with Crippen LogP contribution in [0.5, 0.6) is 11.5 Å². The smallest absolute Gasteiger partial charge is 0.288 e. The number of nitro groups is 1. The van der Waals surface area contributed by atoms with Crippen molar-refractivity contribution < 1.29 is 15.1 Å². The van der Waals surface area contributed by atoms with Crippen LogP contribution in [0, 0.1) is 10.1 Å². The number of nitro benzene ring substituents is 1. The van der Waals surface area contributed by atoms with Crippen LogP contribution in [-0.4, -0.2) is 15.1 Å². The number of benzene rings is 5. The number of hydrogen-bond acceptors (Lipinski definition) is 4. The summed E-state index contributed by atoms with van der Waals surface area (Å²) >= 11 is 6.10. The van der Waals surface area contributed by atoms with E-state index in [9.17, 15) is 20.3 Å². The van der Waals surface area contributed by atoms with Gasteiger partial charge < -0.3 is 10.2 Å². The molecule has 0 saturated heterocycles. The van der Waals surface area contributed by atoms with E-state index >= 15 is 0 Å². The second kappa shape index (κ2) is 8.11. The van der Waals surface area contributed by atoms with Gasteiger partial charge in [-0.3, -0.25) is 10.1 Å². The molecule has 0 heterocycles. The summed E-state index contributed by atoms with van der Waals surface area (Å²) in [6, 6.07) is 26.6. The Balaban J connectivity index is 1.93. The highest BCUT2D eigenvalue weighted by Crippen LogP contribution is 2.47. The number of aromatic hydroxyl groups is 2. The van der Waals surface area contributed by atoms with Crippen LogP contribution < -0.4 is 0 Å². The van der Waals surface area contributed by atoms with Crippen LogP contribution in [0.4, 0.5) is 5.69 Å². The van der Waals surface area contributed by atoms with E-state index in [1.165, 1.54) is 12.1 Å². The predicted octanol–water partition coefficient (Wildman–Crippen LogP) is 7.15. The summed E-state index contributed by atoms with van der Waals surface area (Å²) in [7, 11) is 0. The first-order valence-corrected chi connectivity index (χ1v) is 10.7. The topological polar surface area (TPSA) is 83.6 Å². The average Bonchev–Trinajstić information content (AvgIpc) is 2.82. The number of phenols is 2. The van der Waals surface area contributed by atoms with Crippen molar-refractivity contribution >= 4 is 38.8 Å². The first kappa shape index (κ1) is 20.8. The van der Waals surface area contributed by atoms with E-state index < -0.39 is 10.8 Å². The molecule has 0 fully saturated rings. The Morgan fingerprint density at radius 1 is 0.727 bits per heavy atom. The summed E-state index contributed by atoms with van der Waals surface area (Å²) in [5.74, 6) is -0.634. The van der Waals surface area contributed by atoms with Gasteiger partial charge in [0.25, 0.3) is 5.69 Å². The van der Waals surface area contributed by atoms with Crippen molar-refractivity contribution in [2.24, 2.45) is 0 Å². The van der Waals surface area contributed by atoms with Crippen molar-refractivity contribution in [3.05, 3.63) is 123 Å². The van der Waals surface area contributed by atoms with Gasteiger partial charge in [0.2, 0.25) is 0 Å². The molecule has 0 aliphatic carbocycles. The van der Waals surface area contributed by atoms with E-state index in [2.05, 4.69) is 0 Å². The zero-order valence-corrected chi connectivity index (χ0v) is 18.0. The maximum atomic E-state index is 11.7. The zero-order valence-electron chi connectivity index (χ0n) is 17.3. The Morgan fingerprint density at radius 3 is 1.76 bits per heavy atom. The van der Waals surface area contributed by atoms with E-state index in [1.54, 1.807) is 18.2 Å². The first-order chi connectivity index (χ1) is 16.0. The molecule has 5 rings (SSSR count). The highest BCUT2D eigenvalue weighted by Gasteiger charge is 2.28. The molecule has 0 atom stereocenters. The molecule has 0 bridgehead atoms. The van der Waals surface area contributed by atoms with Crippen molar-refractivity contribution in [1.82, 2.24) is 0 Å². The van der Waals surface area contributed by atoms with E-state index in [0.717, 1.165) is 21.5 Å². The summed E-state index contributed by atoms with van der Waals surface area (Å²) in [5, 5.41) is 37.2. The molecule has 0 unspecified atom stereocenters. The van der Waals surface area contributed by atoms with Gasteiger partial charge in [-0.15, -0.1) is 0 Å². The van der Waals surface area contributed by atoms with Crippen LogP contribution in [0.25, 0.3) is 21.5 Å². The van der Waals surface area contributed by atoms with Gasteiger partial charge in [0.15, 0.2) is 0 Å². The van der Waals surface area contributed by atoms with E-state index in [1.807, 2.05) is 60.7 Å². The lowest BCUT2D eigenvalue weighted by atomic mass is 9.79. The molecule has 5 nitrogen and oxygen atoms in total. The van der Waals surface area contributed by atoms with Gasteiger partial charge in [0, 0.05) is 23.1 Å². The molecule has 33 heavy (non-hydrogen) atoms. The fourth-order valence-corrected chi connectivity index (χ4v) is 4.69. The molecular formula is C27H18ClNO4. The van der Waals surface area contributed by atoms with Gasteiger partial charge >= 0.3 is 0 Å². The zero-order chi connectivity index (χ0) is 23.1. The van der Waals surface area contributed by atoms with E-state index in [0.29, 0.717) is 16.7 Å². The summed E-state index contributed by atoms with van der Waals surface area (Å²) < 4.78 is 0. The number of halogens is 1. The van der Waals surface area contributed by atoms with Crippen molar-refractivity contribution in [3.63, 3.8) is 0 Å². The minimum atomic E-state index is -0.696. The van der Waals surface area contributed by atoms with Gasteiger partial charge in [-0.05, 0) is 45.3 Å². The van der Waals surface area contributed by atoms with Gasteiger partial charge in [-0.25, -0.2) is 0 Å². The summed E-state index contributed by atoms with van der Waals surface area (Å²) in [6.45, 7) is 0. The molecule has 5 aromatic rings. The molecule has 0 spiro atoms. The third kappa shape index (κ3) is 3.52. The number of rotatable bonds is 4.